The van der Waals surface area contributed by atoms with Crippen LogP contribution < -0.4 is 10.5 Å². The van der Waals surface area contributed by atoms with E-state index in [-0.39, 0.29) is 5.95 Å². The van der Waals surface area contributed by atoms with Crippen molar-refractivity contribution in [1.82, 2.24) is 29.4 Å². The molecule has 0 aliphatic rings. The van der Waals surface area contributed by atoms with Crippen molar-refractivity contribution in [2.75, 3.05) is 12.3 Å². The van der Waals surface area contributed by atoms with Crippen LogP contribution in [0, 0.1) is 0 Å². The van der Waals surface area contributed by atoms with Gasteiger partial charge in [-0.15, -0.1) is 5.10 Å². The smallest absolute Gasteiger partial charge is 0.225 e. The van der Waals surface area contributed by atoms with Crippen LogP contribution in [0.15, 0.2) is 53.3 Å². The molecule has 0 bridgehead atoms. The molecule has 0 aliphatic heterocycles. The van der Waals surface area contributed by atoms with Gasteiger partial charge in [0, 0.05) is 6.54 Å². The SMILES string of the molecule is CCCOc1ccc(CCCn2ncc3c2nc(N)n2nc(-c4ccco4)nc32)cc1. The number of rotatable bonds is 8. The second-order valence-corrected chi connectivity index (χ2v) is 7.32. The first kappa shape index (κ1) is 19.1. The first-order valence-electron chi connectivity index (χ1n) is 10.4. The molecule has 5 rings (SSSR count). The topological polar surface area (TPSA) is 109 Å². The summed E-state index contributed by atoms with van der Waals surface area (Å²) in [4.78, 5) is 9.10. The molecular formula is C22H23N7O2. The quantitative estimate of drug-likeness (QED) is 0.409. The number of hydrogen-bond acceptors (Lipinski definition) is 7. The molecule has 0 unspecified atom stereocenters. The molecule has 9 nitrogen and oxygen atoms in total. The van der Waals surface area contributed by atoms with Gasteiger partial charge < -0.3 is 14.9 Å². The van der Waals surface area contributed by atoms with Gasteiger partial charge in [0.15, 0.2) is 17.1 Å². The summed E-state index contributed by atoms with van der Waals surface area (Å²) in [7, 11) is 0. The van der Waals surface area contributed by atoms with Crippen molar-refractivity contribution >= 4 is 22.6 Å². The molecule has 0 atom stereocenters. The second kappa shape index (κ2) is 8.10. The maximum Gasteiger partial charge on any atom is 0.225 e. The average molecular weight is 417 g/mol. The van der Waals surface area contributed by atoms with Crippen LogP contribution in [0.25, 0.3) is 28.3 Å². The predicted octanol–water partition coefficient (Wildman–Crippen LogP) is 3.74. The van der Waals surface area contributed by atoms with Gasteiger partial charge in [0.05, 0.1) is 24.5 Å². The zero-order chi connectivity index (χ0) is 21.2. The van der Waals surface area contributed by atoms with Crippen LogP contribution >= 0.6 is 0 Å². The monoisotopic (exact) mass is 417 g/mol. The highest BCUT2D eigenvalue weighted by atomic mass is 16.5. The maximum atomic E-state index is 6.15. The minimum Gasteiger partial charge on any atom is -0.494 e. The van der Waals surface area contributed by atoms with E-state index in [1.165, 1.54) is 10.1 Å². The number of nitrogens with zero attached hydrogens (tertiary/aromatic N) is 6. The van der Waals surface area contributed by atoms with Gasteiger partial charge >= 0.3 is 0 Å². The largest absolute Gasteiger partial charge is 0.494 e. The van der Waals surface area contributed by atoms with E-state index in [4.69, 9.17) is 14.9 Å². The number of anilines is 1. The van der Waals surface area contributed by atoms with Gasteiger partial charge in [-0.2, -0.15) is 14.6 Å². The lowest BCUT2D eigenvalue weighted by molar-refractivity contribution is 0.317. The Kier molecular flexibility index (Phi) is 4.99. The molecule has 1 aromatic carbocycles. The van der Waals surface area contributed by atoms with E-state index in [0.29, 0.717) is 22.9 Å². The molecule has 0 saturated carbocycles. The lowest BCUT2D eigenvalue weighted by Crippen LogP contribution is -2.06. The number of furan rings is 1. The van der Waals surface area contributed by atoms with Crippen molar-refractivity contribution in [3.8, 4) is 17.3 Å². The number of hydrogen-bond donors (Lipinski definition) is 1. The highest BCUT2D eigenvalue weighted by molar-refractivity contribution is 5.90. The Morgan fingerprint density at radius 2 is 1.97 bits per heavy atom. The lowest BCUT2D eigenvalue weighted by Gasteiger charge is -2.07. The molecule has 5 aromatic rings. The van der Waals surface area contributed by atoms with Crippen LogP contribution in [0.1, 0.15) is 25.3 Å². The van der Waals surface area contributed by atoms with Crippen molar-refractivity contribution < 1.29 is 9.15 Å². The normalized spacial score (nSPS) is 11.5. The van der Waals surface area contributed by atoms with Crippen LogP contribution in [0.2, 0.25) is 0 Å². The molecule has 2 N–H and O–H groups in total. The molecule has 0 saturated heterocycles. The van der Waals surface area contributed by atoms with Crippen LogP contribution in [-0.2, 0) is 13.0 Å². The minimum absolute atomic E-state index is 0.261. The molecule has 0 fully saturated rings. The number of nitrogens with two attached hydrogens (primary N) is 1. The molecule has 0 radical (unpaired) electrons. The van der Waals surface area contributed by atoms with Gasteiger partial charge in [-0.1, -0.05) is 19.1 Å². The van der Waals surface area contributed by atoms with E-state index in [9.17, 15) is 0 Å². The van der Waals surface area contributed by atoms with Gasteiger partial charge in [0.1, 0.15) is 5.75 Å². The zero-order valence-corrected chi connectivity index (χ0v) is 17.2. The third-order valence-electron chi connectivity index (χ3n) is 5.07. The first-order chi connectivity index (χ1) is 15.2. The Bertz CT molecular complexity index is 1300. The Labute approximate surface area is 178 Å². The average Bonchev–Trinajstić information content (AvgIpc) is 3.53. The maximum absolute atomic E-state index is 6.15. The van der Waals surface area contributed by atoms with E-state index in [0.717, 1.165) is 43.5 Å². The Morgan fingerprint density at radius 1 is 1.10 bits per heavy atom. The Hall–Kier alpha value is -3.88. The molecule has 0 spiro atoms. The lowest BCUT2D eigenvalue weighted by atomic mass is 10.1. The Balaban J connectivity index is 1.33. The molecular weight excluding hydrogens is 394 g/mol. The van der Waals surface area contributed by atoms with Gasteiger partial charge in [-0.3, -0.25) is 0 Å². The van der Waals surface area contributed by atoms with Crippen molar-refractivity contribution in [3.05, 3.63) is 54.4 Å². The number of aromatic nitrogens is 6. The van der Waals surface area contributed by atoms with E-state index in [1.807, 2.05) is 22.9 Å². The van der Waals surface area contributed by atoms with Crippen LogP contribution in [0.3, 0.4) is 0 Å². The highest BCUT2D eigenvalue weighted by Crippen LogP contribution is 2.23. The summed E-state index contributed by atoms with van der Waals surface area (Å²) in [5.74, 6) is 2.21. The third-order valence-corrected chi connectivity index (χ3v) is 5.07. The molecule has 9 heteroatoms. The van der Waals surface area contributed by atoms with Gasteiger partial charge in [0.2, 0.25) is 11.8 Å². The fourth-order valence-corrected chi connectivity index (χ4v) is 3.54. The van der Waals surface area contributed by atoms with E-state index in [1.54, 1.807) is 18.5 Å². The zero-order valence-electron chi connectivity index (χ0n) is 17.2. The second-order valence-electron chi connectivity index (χ2n) is 7.32. The van der Waals surface area contributed by atoms with Gasteiger partial charge in [-0.05, 0) is 49.1 Å². The van der Waals surface area contributed by atoms with Crippen molar-refractivity contribution in [2.45, 2.75) is 32.7 Å². The van der Waals surface area contributed by atoms with Crippen molar-refractivity contribution in [1.29, 1.82) is 0 Å². The van der Waals surface area contributed by atoms with Crippen LogP contribution in [0.5, 0.6) is 5.75 Å². The predicted molar refractivity (Wildman–Crippen MR) is 117 cm³/mol. The minimum atomic E-state index is 0.261. The molecule has 4 heterocycles. The summed E-state index contributed by atoms with van der Waals surface area (Å²) in [5.41, 5.74) is 8.73. The van der Waals surface area contributed by atoms with E-state index < -0.39 is 0 Å². The van der Waals surface area contributed by atoms with Gasteiger partial charge in [0.25, 0.3) is 0 Å². The van der Waals surface area contributed by atoms with Crippen LogP contribution in [0.4, 0.5) is 5.95 Å². The van der Waals surface area contributed by atoms with Crippen molar-refractivity contribution in [2.24, 2.45) is 0 Å². The molecule has 4 aromatic heterocycles. The number of nitrogen functional groups attached to an aromatic ring is 1. The highest BCUT2D eigenvalue weighted by Gasteiger charge is 2.17. The molecule has 31 heavy (non-hydrogen) atoms. The fraction of sp³-hybridized carbons (Fsp3) is 0.273. The number of ether oxygens (including phenoxy) is 1. The Morgan fingerprint density at radius 3 is 2.74 bits per heavy atom. The van der Waals surface area contributed by atoms with E-state index >= 15 is 0 Å². The standard InChI is InChI=1S/C22H23N7O2/c1-2-12-30-16-9-7-15(8-10-16)5-3-11-28-20-17(14-24-28)21-25-19(18-6-4-13-31-18)27-29(21)22(23)26-20/h4,6-10,13-14H,2-3,5,11-12H2,1H3,(H2,23,26). The summed E-state index contributed by atoms with van der Waals surface area (Å²) < 4.78 is 14.4. The summed E-state index contributed by atoms with van der Waals surface area (Å²) >= 11 is 0. The first-order valence-corrected chi connectivity index (χ1v) is 10.4. The summed E-state index contributed by atoms with van der Waals surface area (Å²) in [6.07, 6.45) is 6.20. The number of fused-ring (bicyclic) bond motifs is 3. The molecule has 0 amide bonds. The molecule has 0 aliphatic carbocycles. The summed E-state index contributed by atoms with van der Waals surface area (Å²) in [6, 6.07) is 11.9. The van der Waals surface area contributed by atoms with Gasteiger partial charge in [-0.25, -0.2) is 9.67 Å². The summed E-state index contributed by atoms with van der Waals surface area (Å²) in [6.45, 7) is 3.56. The third kappa shape index (κ3) is 3.70. The number of benzene rings is 1. The number of aryl methyl sites for hydroxylation is 2. The van der Waals surface area contributed by atoms with Crippen LogP contribution in [-0.4, -0.2) is 36.0 Å². The summed E-state index contributed by atoms with van der Waals surface area (Å²) in [5, 5.41) is 9.73. The van der Waals surface area contributed by atoms with E-state index in [2.05, 4.69) is 39.2 Å². The van der Waals surface area contributed by atoms with Crippen molar-refractivity contribution in [3.63, 3.8) is 0 Å². The molecule has 158 valence electrons. The fourth-order valence-electron chi connectivity index (χ4n) is 3.54.